The number of rotatable bonds is 4. The van der Waals surface area contributed by atoms with Gasteiger partial charge in [0.1, 0.15) is 12.4 Å². The molecule has 0 saturated heterocycles. The van der Waals surface area contributed by atoms with Crippen LogP contribution in [0.5, 0.6) is 5.75 Å². The molecule has 3 rings (SSSR count). The summed E-state index contributed by atoms with van der Waals surface area (Å²) in [5.74, 6) is 0.949. The first-order chi connectivity index (χ1) is 9.78. The van der Waals surface area contributed by atoms with Crippen LogP contribution in [0.4, 0.5) is 0 Å². The largest absolute Gasteiger partial charge is 0.488 e. The number of thiophene rings is 1. The summed E-state index contributed by atoms with van der Waals surface area (Å²) in [6.45, 7) is 0.606. The molecule has 0 amide bonds. The Bertz CT molecular complexity index is 736. The van der Waals surface area contributed by atoms with E-state index in [0.29, 0.717) is 6.61 Å². The number of hydrogen-bond acceptors (Lipinski definition) is 2. The van der Waals surface area contributed by atoms with E-state index in [1.165, 1.54) is 21.2 Å². The predicted molar refractivity (Wildman–Crippen MR) is 92.9 cm³/mol. The molecular weight excluding hydrogens is 400 g/mol. The molecule has 0 aliphatic carbocycles. The molecule has 0 unspecified atom stereocenters. The quantitative estimate of drug-likeness (QED) is 0.468. The smallest absolute Gasteiger partial charge is 0.124 e. The van der Waals surface area contributed by atoms with Crippen molar-refractivity contribution in [2.24, 2.45) is 0 Å². The molecule has 0 bridgehead atoms. The summed E-state index contributed by atoms with van der Waals surface area (Å²) >= 11 is 8.75. The van der Waals surface area contributed by atoms with E-state index in [9.17, 15) is 0 Å². The average molecular weight is 412 g/mol. The Labute approximate surface area is 138 Å². The molecule has 0 fully saturated rings. The standard InChI is InChI=1S/C16H12Br2OS/c17-9-14-13-4-2-1-3-11(13)5-7-15(14)19-10-12-6-8-16(18)20-12/h1-8H,9-10H2. The highest BCUT2D eigenvalue weighted by Crippen LogP contribution is 2.31. The van der Waals surface area contributed by atoms with Gasteiger partial charge < -0.3 is 4.74 Å². The van der Waals surface area contributed by atoms with Gasteiger partial charge in [0.25, 0.3) is 0 Å². The molecule has 0 atom stereocenters. The van der Waals surface area contributed by atoms with Crippen molar-refractivity contribution in [3.63, 3.8) is 0 Å². The lowest BCUT2D eigenvalue weighted by atomic mass is 10.0. The molecule has 20 heavy (non-hydrogen) atoms. The first-order valence-corrected chi connectivity index (χ1v) is 8.94. The van der Waals surface area contributed by atoms with Crippen molar-refractivity contribution in [2.75, 3.05) is 0 Å². The van der Waals surface area contributed by atoms with E-state index in [-0.39, 0.29) is 0 Å². The molecule has 102 valence electrons. The number of ether oxygens (including phenoxy) is 1. The number of alkyl halides is 1. The van der Waals surface area contributed by atoms with Crippen molar-refractivity contribution in [3.05, 3.63) is 62.8 Å². The minimum Gasteiger partial charge on any atom is -0.488 e. The van der Waals surface area contributed by atoms with E-state index in [1.54, 1.807) is 11.3 Å². The number of halogens is 2. The van der Waals surface area contributed by atoms with Crippen LogP contribution in [-0.2, 0) is 11.9 Å². The molecule has 0 spiro atoms. The summed E-state index contributed by atoms with van der Waals surface area (Å²) in [5, 5.41) is 3.28. The average Bonchev–Trinajstić information content (AvgIpc) is 2.90. The van der Waals surface area contributed by atoms with Gasteiger partial charge in [0.05, 0.1) is 3.79 Å². The molecular formula is C16H12Br2OS. The number of benzene rings is 2. The zero-order valence-electron chi connectivity index (χ0n) is 10.6. The molecule has 1 nitrogen and oxygen atoms in total. The van der Waals surface area contributed by atoms with Crippen LogP contribution in [0.25, 0.3) is 10.8 Å². The normalized spacial score (nSPS) is 10.9. The third-order valence-electron chi connectivity index (χ3n) is 3.13. The predicted octanol–water partition coefficient (Wildman–Crippen LogP) is 6.14. The fourth-order valence-electron chi connectivity index (χ4n) is 2.17. The lowest BCUT2D eigenvalue weighted by Gasteiger charge is -2.12. The van der Waals surface area contributed by atoms with Crippen LogP contribution < -0.4 is 4.74 Å². The SMILES string of the molecule is BrCc1c(OCc2ccc(Br)s2)ccc2ccccc12. The molecule has 4 heteroatoms. The third-order valence-corrected chi connectivity index (χ3v) is 5.29. The van der Waals surface area contributed by atoms with Crippen LogP contribution in [0.2, 0.25) is 0 Å². The zero-order valence-corrected chi connectivity index (χ0v) is 14.6. The summed E-state index contributed by atoms with van der Waals surface area (Å²) in [6.07, 6.45) is 0. The summed E-state index contributed by atoms with van der Waals surface area (Å²) in [7, 11) is 0. The van der Waals surface area contributed by atoms with Gasteiger partial charge in [0.15, 0.2) is 0 Å². The fourth-order valence-corrected chi connectivity index (χ4v) is 4.14. The summed E-state index contributed by atoms with van der Waals surface area (Å²) < 4.78 is 7.13. The van der Waals surface area contributed by atoms with Crippen LogP contribution in [0.15, 0.2) is 52.3 Å². The van der Waals surface area contributed by atoms with Gasteiger partial charge in [-0.25, -0.2) is 0 Å². The van der Waals surface area contributed by atoms with Gasteiger partial charge in [-0.3, -0.25) is 0 Å². The molecule has 1 heterocycles. The number of fused-ring (bicyclic) bond motifs is 1. The lowest BCUT2D eigenvalue weighted by molar-refractivity contribution is 0.308. The van der Waals surface area contributed by atoms with E-state index in [4.69, 9.17) is 4.74 Å². The molecule has 0 N–H and O–H groups in total. The van der Waals surface area contributed by atoms with Crippen molar-refractivity contribution in [2.45, 2.75) is 11.9 Å². The Kier molecular flexibility index (Phi) is 4.44. The van der Waals surface area contributed by atoms with Crippen LogP contribution in [0.3, 0.4) is 0 Å². The molecule has 3 aromatic rings. The highest BCUT2D eigenvalue weighted by atomic mass is 79.9. The summed E-state index contributed by atoms with van der Waals surface area (Å²) in [6, 6.07) is 16.7. The Balaban J connectivity index is 1.91. The molecule has 0 aliphatic rings. The second-order valence-electron chi connectivity index (χ2n) is 4.39. The maximum absolute atomic E-state index is 6.00. The van der Waals surface area contributed by atoms with Crippen molar-refractivity contribution in [1.82, 2.24) is 0 Å². The van der Waals surface area contributed by atoms with E-state index in [0.717, 1.165) is 14.9 Å². The maximum atomic E-state index is 6.00. The highest BCUT2D eigenvalue weighted by Gasteiger charge is 2.08. The van der Waals surface area contributed by atoms with Crippen LogP contribution in [0.1, 0.15) is 10.4 Å². The van der Waals surface area contributed by atoms with Gasteiger partial charge >= 0.3 is 0 Å². The van der Waals surface area contributed by atoms with E-state index < -0.39 is 0 Å². The Morgan fingerprint density at radius 2 is 1.85 bits per heavy atom. The second-order valence-corrected chi connectivity index (χ2v) is 7.50. The van der Waals surface area contributed by atoms with Crippen molar-refractivity contribution in [1.29, 1.82) is 0 Å². The molecule has 0 radical (unpaired) electrons. The van der Waals surface area contributed by atoms with E-state index in [2.05, 4.69) is 80.4 Å². The van der Waals surface area contributed by atoms with Crippen LogP contribution in [-0.4, -0.2) is 0 Å². The minimum atomic E-state index is 0.606. The van der Waals surface area contributed by atoms with Gasteiger partial charge in [0.2, 0.25) is 0 Å². The van der Waals surface area contributed by atoms with Crippen LogP contribution >= 0.6 is 43.2 Å². The van der Waals surface area contributed by atoms with Gasteiger partial charge in [-0.15, -0.1) is 11.3 Å². The minimum absolute atomic E-state index is 0.606. The zero-order chi connectivity index (χ0) is 13.9. The van der Waals surface area contributed by atoms with Gasteiger partial charge in [0, 0.05) is 15.8 Å². The third kappa shape index (κ3) is 2.92. The Morgan fingerprint density at radius 1 is 1.00 bits per heavy atom. The first kappa shape index (κ1) is 14.1. The second kappa shape index (κ2) is 6.29. The van der Waals surface area contributed by atoms with Crippen molar-refractivity contribution in [3.8, 4) is 5.75 Å². The molecule has 0 saturated carbocycles. The topological polar surface area (TPSA) is 9.23 Å². The highest BCUT2D eigenvalue weighted by molar-refractivity contribution is 9.11. The Morgan fingerprint density at radius 3 is 2.60 bits per heavy atom. The Hall–Kier alpha value is -0.840. The summed E-state index contributed by atoms with van der Waals surface area (Å²) in [4.78, 5) is 1.21. The first-order valence-electron chi connectivity index (χ1n) is 6.21. The van der Waals surface area contributed by atoms with Crippen molar-refractivity contribution < 1.29 is 4.74 Å². The molecule has 2 aromatic carbocycles. The van der Waals surface area contributed by atoms with Crippen molar-refractivity contribution >= 4 is 54.0 Å². The lowest BCUT2D eigenvalue weighted by Crippen LogP contribution is -1.96. The monoisotopic (exact) mass is 410 g/mol. The van der Waals surface area contributed by atoms with Gasteiger partial charge in [-0.05, 0) is 44.9 Å². The maximum Gasteiger partial charge on any atom is 0.124 e. The van der Waals surface area contributed by atoms with E-state index >= 15 is 0 Å². The number of hydrogen-bond donors (Lipinski definition) is 0. The summed E-state index contributed by atoms with van der Waals surface area (Å²) in [5.41, 5.74) is 1.21. The van der Waals surface area contributed by atoms with E-state index in [1.807, 2.05) is 0 Å². The molecule has 0 aliphatic heterocycles. The van der Waals surface area contributed by atoms with Crippen LogP contribution in [0, 0.1) is 0 Å². The fraction of sp³-hybridized carbons (Fsp3) is 0.125. The molecule has 1 aromatic heterocycles. The van der Waals surface area contributed by atoms with Gasteiger partial charge in [-0.1, -0.05) is 46.3 Å². The van der Waals surface area contributed by atoms with Gasteiger partial charge in [-0.2, -0.15) is 0 Å².